The molecule has 0 radical (unpaired) electrons. The highest BCUT2D eigenvalue weighted by Crippen LogP contribution is 2.15. The van der Waals surface area contributed by atoms with E-state index < -0.39 is 12.1 Å². The van der Waals surface area contributed by atoms with Crippen LogP contribution in [0.1, 0.15) is 25.8 Å². The average Bonchev–Trinajstić information content (AvgIpc) is 2.36. The Balaban J connectivity index is 0.00000154. The fraction of sp³-hybridized carbons (Fsp3) is 0.462. The van der Waals surface area contributed by atoms with Gasteiger partial charge < -0.3 is 5.32 Å². The summed E-state index contributed by atoms with van der Waals surface area (Å²) in [6, 6.07) is 7.50. The van der Waals surface area contributed by atoms with E-state index in [2.05, 4.69) is 15.9 Å². The molecule has 1 aromatic carbocycles. The van der Waals surface area contributed by atoms with Crippen LogP contribution < -0.4 is 5.32 Å². The minimum absolute atomic E-state index is 0.0187. The van der Waals surface area contributed by atoms with Crippen LogP contribution in [0.5, 0.6) is 0 Å². The monoisotopic (exact) mass is 339 g/mol. The van der Waals surface area contributed by atoms with E-state index >= 15 is 0 Å². The molecule has 2 nitrogen and oxygen atoms in total. The van der Waals surface area contributed by atoms with E-state index in [1.165, 1.54) is 0 Å². The molecule has 0 atom stereocenters. The van der Waals surface area contributed by atoms with Gasteiger partial charge in [0.25, 0.3) is 0 Å². The number of hydrogen-bond donors (Lipinski definition) is 1. The van der Waals surface area contributed by atoms with E-state index in [1.807, 2.05) is 43.4 Å². The van der Waals surface area contributed by atoms with Gasteiger partial charge in [-0.05, 0) is 30.5 Å². The average molecular weight is 340 g/mol. The highest BCUT2D eigenvalue weighted by atomic mass is 79.9. The summed E-state index contributed by atoms with van der Waals surface area (Å²) in [7, 11) is 0. The maximum absolute atomic E-state index is 11.8. The molecular weight excluding hydrogens is 323 g/mol. The summed E-state index contributed by atoms with van der Waals surface area (Å²) >= 11 is 3.30. The summed E-state index contributed by atoms with van der Waals surface area (Å²) in [4.78, 5) is 10.5. The first-order valence-corrected chi connectivity index (χ1v) is 6.78. The molecule has 0 aliphatic carbocycles. The first kappa shape index (κ1) is 18.0. The molecule has 0 spiro atoms. The van der Waals surface area contributed by atoms with Crippen molar-refractivity contribution in [3.63, 3.8) is 0 Å². The largest absolute Gasteiger partial charge is 0.471 e. The maximum Gasteiger partial charge on any atom is 0.471 e. The van der Waals surface area contributed by atoms with Crippen LogP contribution in [0, 0.1) is 0 Å². The predicted octanol–water partition coefficient (Wildman–Crippen LogP) is 4.09. The van der Waals surface area contributed by atoms with E-state index in [0.29, 0.717) is 12.8 Å². The highest BCUT2D eigenvalue weighted by Gasteiger charge is 2.38. The third kappa shape index (κ3) is 7.87. The zero-order valence-electron chi connectivity index (χ0n) is 10.9. The van der Waals surface area contributed by atoms with Crippen molar-refractivity contribution in [3.8, 4) is 0 Å². The first-order valence-electron chi connectivity index (χ1n) is 5.99. The SMILES string of the molecule is CC.O=C(NCCCc1cccc(Br)c1)C(F)(F)F. The first-order chi connectivity index (χ1) is 8.89. The van der Waals surface area contributed by atoms with Crippen molar-refractivity contribution in [1.82, 2.24) is 5.32 Å². The minimum atomic E-state index is -4.80. The smallest absolute Gasteiger partial charge is 0.348 e. The highest BCUT2D eigenvalue weighted by molar-refractivity contribution is 9.10. The number of benzene rings is 1. The minimum Gasteiger partial charge on any atom is -0.348 e. The second-order valence-electron chi connectivity index (χ2n) is 3.49. The van der Waals surface area contributed by atoms with E-state index in [9.17, 15) is 18.0 Å². The van der Waals surface area contributed by atoms with E-state index in [-0.39, 0.29) is 6.54 Å². The van der Waals surface area contributed by atoms with Gasteiger partial charge in [0.15, 0.2) is 0 Å². The van der Waals surface area contributed by atoms with Gasteiger partial charge >= 0.3 is 12.1 Å². The summed E-state index contributed by atoms with van der Waals surface area (Å²) < 4.78 is 36.4. The number of hydrogen-bond acceptors (Lipinski definition) is 1. The lowest BCUT2D eigenvalue weighted by Gasteiger charge is -2.07. The third-order valence-corrected chi connectivity index (χ3v) is 2.57. The molecule has 0 heterocycles. The predicted molar refractivity (Wildman–Crippen MR) is 72.9 cm³/mol. The Kier molecular flexibility index (Phi) is 8.47. The van der Waals surface area contributed by atoms with Gasteiger partial charge in [0.05, 0.1) is 0 Å². The third-order valence-electron chi connectivity index (χ3n) is 2.07. The summed E-state index contributed by atoms with van der Waals surface area (Å²) in [6.07, 6.45) is -3.70. The normalized spacial score (nSPS) is 10.4. The van der Waals surface area contributed by atoms with Crippen molar-refractivity contribution in [2.45, 2.75) is 32.9 Å². The Morgan fingerprint density at radius 2 is 1.95 bits per heavy atom. The molecule has 0 aliphatic heterocycles. The van der Waals surface area contributed by atoms with Gasteiger partial charge in [-0.3, -0.25) is 4.79 Å². The molecule has 1 amide bonds. The van der Waals surface area contributed by atoms with Gasteiger partial charge in [0, 0.05) is 11.0 Å². The molecule has 0 aliphatic rings. The Morgan fingerprint density at radius 3 is 2.47 bits per heavy atom. The molecule has 1 aromatic rings. The van der Waals surface area contributed by atoms with Crippen LogP contribution in [0.3, 0.4) is 0 Å². The van der Waals surface area contributed by atoms with Gasteiger partial charge in [0.2, 0.25) is 0 Å². The van der Waals surface area contributed by atoms with E-state index in [4.69, 9.17) is 0 Å². The number of alkyl halides is 3. The van der Waals surface area contributed by atoms with Crippen molar-refractivity contribution in [2.75, 3.05) is 6.54 Å². The Bertz CT molecular complexity index is 394. The number of nitrogens with one attached hydrogen (secondary N) is 1. The summed E-state index contributed by atoms with van der Waals surface area (Å²) in [5.41, 5.74) is 1.01. The van der Waals surface area contributed by atoms with Crippen LogP contribution in [-0.2, 0) is 11.2 Å². The molecule has 0 saturated carbocycles. The molecule has 108 valence electrons. The lowest BCUT2D eigenvalue weighted by molar-refractivity contribution is -0.173. The van der Waals surface area contributed by atoms with Crippen molar-refractivity contribution >= 4 is 21.8 Å². The van der Waals surface area contributed by atoms with Crippen molar-refractivity contribution in [3.05, 3.63) is 34.3 Å². The standard InChI is InChI=1S/C11H11BrF3NO.C2H6/c12-9-5-1-3-8(7-9)4-2-6-16-10(17)11(13,14)15;1-2/h1,3,5,7H,2,4,6H2,(H,16,17);1-2H3. The Morgan fingerprint density at radius 1 is 1.32 bits per heavy atom. The lowest BCUT2D eigenvalue weighted by atomic mass is 10.1. The number of halogens is 4. The van der Waals surface area contributed by atoms with Crippen molar-refractivity contribution in [2.24, 2.45) is 0 Å². The summed E-state index contributed by atoms with van der Waals surface area (Å²) in [5, 5.41) is 1.83. The second kappa shape index (κ2) is 8.96. The van der Waals surface area contributed by atoms with Gasteiger partial charge in [-0.15, -0.1) is 0 Å². The number of amides is 1. The number of carbonyl (C=O) groups excluding carboxylic acids is 1. The van der Waals surface area contributed by atoms with Crippen LogP contribution in [0.4, 0.5) is 13.2 Å². The topological polar surface area (TPSA) is 29.1 Å². The molecule has 1 N–H and O–H groups in total. The van der Waals surface area contributed by atoms with Gasteiger partial charge in [-0.25, -0.2) is 0 Å². The van der Waals surface area contributed by atoms with Crippen LogP contribution in [0.15, 0.2) is 28.7 Å². The lowest BCUT2D eigenvalue weighted by Crippen LogP contribution is -2.37. The summed E-state index contributed by atoms with van der Waals surface area (Å²) in [6.45, 7) is 4.02. The zero-order valence-corrected chi connectivity index (χ0v) is 12.4. The van der Waals surface area contributed by atoms with Gasteiger partial charge in [-0.1, -0.05) is 41.9 Å². The van der Waals surface area contributed by atoms with Crippen LogP contribution in [0.25, 0.3) is 0 Å². The molecule has 0 unspecified atom stereocenters. The molecular formula is C13H17BrF3NO. The molecule has 1 rings (SSSR count). The zero-order chi connectivity index (χ0) is 14.9. The maximum atomic E-state index is 11.8. The molecule has 0 fully saturated rings. The number of aryl methyl sites for hydroxylation is 1. The van der Waals surface area contributed by atoms with Crippen LogP contribution in [0.2, 0.25) is 0 Å². The fourth-order valence-corrected chi connectivity index (χ4v) is 1.73. The quantitative estimate of drug-likeness (QED) is 0.822. The van der Waals surface area contributed by atoms with Gasteiger partial charge in [0.1, 0.15) is 0 Å². The molecule has 19 heavy (non-hydrogen) atoms. The van der Waals surface area contributed by atoms with Crippen molar-refractivity contribution in [1.29, 1.82) is 0 Å². The number of carbonyl (C=O) groups is 1. The molecule has 0 saturated heterocycles. The summed E-state index contributed by atoms with van der Waals surface area (Å²) in [5.74, 6) is -1.88. The molecule has 0 aromatic heterocycles. The van der Waals surface area contributed by atoms with E-state index in [1.54, 1.807) is 0 Å². The molecule has 0 bridgehead atoms. The second-order valence-corrected chi connectivity index (χ2v) is 4.40. The van der Waals surface area contributed by atoms with Crippen LogP contribution in [-0.4, -0.2) is 18.6 Å². The Labute approximate surface area is 119 Å². The number of rotatable bonds is 4. The fourth-order valence-electron chi connectivity index (χ4n) is 1.29. The van der Waals surface area contributed by atoms with Gasteiger partial charge in [-0.2, -0.15) is 13.2 Å². The molecule has 6 heteroatoms. The van der Waals surface area contributed by atoms with E-state index in [0.717, 1.165) is 10.0 Å². The Hall–Kier alpha value is -1.04. The van der Waals surface area contributed by atoms with Crippen LogP contribution >= 0.6 is 15.9 Å². The van der Waals surface area contributed by atoms with Crippen molar-refractivity contribution < 1.29 is 18.0 Å².